The molecule has 0 spiro atoms. The number of rotatable bonds is 8. The van der Waals surface area contributed by atoms with E-state index in [1.165, 1.54) is 0 Å². The number of sulfone groups is 1. The van der Waals surface area contributed by atoms with Crippen molar-refractivity contribution in [3.8, 4) is 5.75 Å². The van der Waals surface area contributed by atoms with Crippen LogP contribution in [-0.2, 0) is 16.3 Å². The molecule has 0 aromatic heterocycles. The molecule has 114 valence electrons. The molecule has 0 aliphatic carbocycles. The predicted molar refractivity (Wildman–Crippen MR) is 86.1 cm³/mol. The van der Waals surface area contributed by atoms with Crippen LogP contribution in [0, 0.1) is 6.92 Å². The zero-order chi connectivity index (χ0) is 15.2. The van der Waals surface area contributed by atoms with Crippen molar-refractivity contribution in [2.24, 2.45) is 5.73 Å². The van der Waals surface area contributed by atoms with Crippen molar-refractivity contribution >= 4 is 25.8 Å². The van der Waals surface area contributed by atoms with E-state index in [2.05, 4.69) is 15.9 Å². The fourth-order valence-corrected chi connectivity index (χ4v) is 3.41. The van der Waals surface area contributed by atoms with E-state index in [0.29, 0.717) is 19.6 Å². The molecule has 0 aliphatic heterocycles. The van der Waals surface area contributed by atoms with Crippen molar-refractivity contribution in [3.05, 3.63) is 27.7 Å². The molecule has 0 amide bonds. The highest BCUT2D eigenvalue weighted by Crippen LogP contribution is 2.28. The van der Waals surface area contributed by atoms with Crippen LogP contribution in [-0.4, -0.2) is 33.1 Å². The molecule has 0 bridgehead atoms. The molecule has 2 N–H and O–H groups in total. The van der Waals surface area contributed by atoms with Crippen LogP contribution < -0.4 is 10.5 Å². The van der Waals surface area contributed by atoms with E-state index in [0.717, 1.165) is 27.8 Å². The van der Waals surface area contributed by atoms with Gasteiger partial charge in [-0.15, -0.1) is 0 Å². The summed E-state index contributed by atoms with van der Waals surface area (Å²) in [5.41, 5.74) is 7.69. The quantitative estimate of drug-likeness (QED) is 0.720. The van der Waals surface area contributed by atoms with Crippen LogP contribution in [0.2, 0.25) is 0 Å². The lowest BCUT2D eigenvalue weighted by Crippen LogP contribution is -2.13. The lowest BCUT2D eigenvalue weighted by atomic mass is 10.1. The van der Waals surface area contributed by atoms with Gasteiger partial charge in [-0.05, 0) is 49.6 Å². The first-order valence-electron chi connectivity index (χ1n) is 6.72. The molecular weight excluding hydrogens is 342 g/mol. The Morgan fingerprint density at radius 3 is 2.65 bits per heavy atom. The lowest BCUT2D eigenvalue weighted by molar-refractivity contribution is 0.312. The van der Waals surface area contributed by atoms with Gasteiger partial charge in [0.05, 0.1) is 12.4 Å². The average Bonchev–Trinajstić information content (AvgIpc) is 2.37. The third-order valence-corrected chi connectivity index (χ3v) is 5.26. The minimum atomic E-state index is -2.92. The first kappa shape index (κ1) is 17.5. The highest BCUT2D eigenvalue weighted by molar-refractivity contribution is 9.10. The third kappa shape index (κ3) is 5.42. The summed E-state index contributed by atoms with van der Waals surface area (Å²) in [7, 11) is -2.92. The molecule has 4 nitrogen and oxygen atoms in total. The first-order valence-corrected chi connectivity index (χ1v) is 9.33. The summed E-state index contributed by atoms with van der Waals surface area (Å²) in [5.74, 6) is 1.18. The Hall–Kier alpha value is -0.590. The third-order valence-electron chi connectivity index (χ3n) is 3.02. The molecule has 0 atom stereocenters. The lowest BCUT2D eigenvalue weighted by Gasteiger charge is -2.14. The summed E-state index contributed by atoms with van der Waals surface area (Å²) in [6.45, 7) is 4.59. The minimum Gasteiger partial charge on any atom is -0.493 e. The van der Waals surface area contributed by atoms with Gasteiger partial charge in [0.2, 0.25) is 0 Å². The number of aryl methyl sites for hydroxylation is 1. The second-order valence-corrected chi connectivity index (χ2v) is 8.08. The molecule has 0 saturated carbocycles. The Kier molecular flexibility index (Phi) is 6.99. The molecule has 0 saturated heterocycles. The molecule has 0 heterocycles. The van der Waals surface area contributed by atoms with Crippen LogP contribution >= 0.6 is 15.9 Å². The molecule has 1 rings (SSSR count). The maximum absolute atomic E-state index is 11.4. The fourth-order valence-electron chi connectivity index (χ4n) is 1.94. The van der Waals surface area contributed by atoms with Gasteiger partial charge in [0.25, 0.3) is 0 Å². The van der Waals surface area contributed by atoms with E-state index >= 15 is 0 Å². The second-order valence-electron chi connectivity index (χ2n) is 4.69. The predicted octanol–water partition coefficient (Wildman–Crippen LogP) is 2.46. The normalized spacial score (nSPS) is 11.6. The van der Waals surface area contributed by atoms with Gasteiger partial charge in [-0.1, -0.05) is 22.9 Å². The van der Waals surface area contributed by atoms with Crippen molar-refractivity contribution in [2.75, 3.05) is 24.7 Å². The number of hydrogen-bond acceptors (Lipinski definition) is 4. The monoisotopic (exact) mass is 363 g/mol. The number of nitrogens with two attached hydrogens (primary N) is 1. The van der Waals surface area contributed by atoms with Gasteiger partial charge in [0, 0.05) is 10.2 Å². The molecule has 0 fully saturated rings. The van der Waals surface area contributed by atoms with E-state index in [1.807, 2.05) is 19.1 Å². The van der Waals surface area contributed by atoms with Crippen LogP contribution in [0.25, 0.3) is 0 Å². The van der Waals surface area contributed by atoms with Crippen LogP contribution in [0.4, 0.5) is 0 Å². The highest BCUT2D eigenvalue weighted by atomic mass is 79.9. The van der Waals surface area contributed by atoms with E-state index in [1.54, 1.807) is 6.92 Å². The molecule has 20 heavy (non-hydrogen) atoms. The summed E-state index contributed by atoms with van der Waals surface area (Å²) in [6, 6.07) is 3.98. The summed E-state index contributed by atoms with van der Waals surface area (Å²) >= 11 is 3.46. The second kappa shape index (κ2) is 8.00. The molecule has 1 aromatic carbocycles. The van der Waals surface area contributed by atoms with Gasteiger partial charge < -0.3 is 10.5 Å². The van der Waals surface area contributed by atoms with Crippen molar-refractivity contribution in [2.45, 2.75) is 26.7 Å². The average molecular weight is 364 g/mol. The van der Waals surface area contributed by atoms with Crippen molar-refractivity contribution in [1.29, 1.82) is 0 Å². The molecular formula is C14H22BrNO3S. The smallest absolute Gasteiger partial charge is 0.150 e. The SMILES string of the molecule is CCS(=O)(=O)CCCOc1c(C)cc(Br)cc1CCN. The zero-order valence-corrected chi connectivity index (χ0v) is 14.4. The van der Waals surface area contributed by atoms with Gasteiger partial charge in [-0.2, -0.15) is 0 Å². The zero-order valence-electron chi connectivity index (χ0n) is 12.0. The van der Waals surface area contributed by atoms with E-state index in [-0.39, 0.29) is 11.5 Å². The Bertz CT molecular complexity index is 544. The summed E-state index contributed by atoms with van der Waals surface area (Å²) in [6.07, 6.45) is 1.25. The van der Waals surface area contributed by atoms with Crippen LogP contribution in [0.15, 0.2) is 16.6 Å². The Labute approximate surface area is 129 Å². The largest absolute Gasteiger partial charge is 0.493 e. The number of benzene rings is 1. The standard InChI is InChI=1S/C14H22BrNO3S/c1-3-20(17,18)8-4-7-19-14-11(2)9-13(15)10-12(14)5-6-16/h9-10H,3-8,16H2,1-2H3. The molecule has 6 heteroatoms. The Balaban J connectivity index is 2.68. The maximum atomic E-state index is 11.4. The van der Waals surface area contributed by atoms with E-state index in [9.17, 15) is 8.42 Å². The van der Waals surface area contributed by atoms with Crippen LogP contribution in [0.5, 0.6) is 5.75 Å². The molecule has 0 radical (unpaired) electrons. The summed E-state index contributed by atoms with van der Waals surface area (Å²) < 4.78 is 29.6. The van der Waals surface area contributed by atoms with Crippen molar-refractivity contribution in [1.82, 2.24) is 0 Å². The van der Waals surface area contributed by atoms with Crippen molar-refractivity contribution < 1.29 is 13.2 Å². The van der Waals surface area contributed by atoms with Gasteiger partial charge in [0.15, 0.2) is 0 Å². The minimum absolute atomic E-state index is 0.172. The molecule has 0 unspecified atom stereocenters. The van der Waals surface area contributed by atoms with Gasteiger partial charge in [-0.3, -0.25) is 0 Å². The van der Waals surface area contributed by atoms with Crippen LogP contribution in [0.1, 0.15) is 24.5 Å². The summed E-state index contributed by atoms with van der Waals surface area (Å²) in [4.78, 5) is 0. The number of halogens is 1. The fraction of sp³-hybridized carbons (Fsp3) is 0.571. The van der Waals surface area contributed by atoms with Gasteiger partial charge in [0.1, 0.15) is 15.6 Å². The number of ether oxygens (including phenoxy) is 1. The first-order chi connectivity index (χ1) is 9.39. The van der Waals surface area contributed by atoms with Gasteiger partial charge in [-0.25, -0.2) is 8.42 Å². The van der Waals surface area contributed by atoms with Crippen molar-refractivity contribution in [3.63, 3.8) is 0 Å². The molecule has 0 aliphatic rings. The van der Waals surface area contributed by atoms with E-state index in [4.69, 9.17) is 10.5 Å². The topological polar surface area (TPSA) is 69.4 Å². The highest BCUT2D eigenvalue weighted by Gasteiger charge is 2.10. The molecule has 1 aromatic rings. The Morgan fingerprint density at radius 2 is 2.05 bits per heavy atom. The van der Waals surface area contributed by atoms with Gasteiger partial charge >= 0.3 is 0 Å². The summed E-state index contributed by atoms with van der Waals surface area (Å²) in [5, 5.41) is 0. The number of hydrogen-bond donors (Lipinski definition) is 1. The van der Waals surface area contributed by atoms with Crippen LogP contribution in [0.3, 0.4) is 0 Å². The van der Waals surface area contributed by atoms with E-state index < -0.39 is 9.84 Å². The maximum Gasteiger partial charge on any atom is 0.150 e. The Morgan fingerprint density at radius 1 is 1.35 bits per heavy atom.